The first-order chi connectivity index (χ1) is 10.8. The van der Waals surface area contributed by atoms with Crippen molar-refractivity contribution >= 4 is 48.3 Å². The Labute approximate surface area is 136 Å². The third kappa shape index (κ3) is 2.59. The number of para-hydroxylation sites is 1. The molecule has 0 spiro atoms. The van der Waals surface area contributed by atoms with Gasteiger partial charge in [-0.25, -0.2) is 4.98 Å². The van der Waals surface area contributed by atoms with E-state index in [0.717, 1.165) is 48.4 Å². The molecule has 114 valence electrons. The number of nitrogens with two attached hydrogens (primary N) is 1. The number of benzene rings is 1. The summed E-state index contributed by atoms with van der Waals surface area (Å²) < 4.78 is 1.25. The monoisotopic (exact) mass is 332 g/mol. The number of rotatable bonds is 2. The molecular weight excluding hydrogens is 316 g/mol. The highest BCUT2D eigenvalue weighted by atomic mass is 32.1. The molecule has 1 saturated heterocycles. The highest BCUT2D eigenvalue weighted by Gasteiger charge is 2.20. The Morgan fingerprint density at radius 3 is 2.41 bits per heavy atom. The molecule has 1 aliphatic heterocycles. The van der Waals surface area contributed by atoms with Gasteiger partial charge in [0.15, 0.2) is 5.13 Å². The molecule has 0 amide bonds. The Hall–Kier alpha value is -1.93. The molecule has 0 bridgehead atoms. The van der Waals surface area contributed by atoms with Gasteiger partial charge < -0.3 is 15.5 Å². The fourth-order valence-corrected chi connectivity index (χ4v) is 4.33. The molecule has 1 aliphatic rings. The summed E-state index contributed by atoms with van der Waals surface area (Å²) in [4.78, 5) is 9.40. The van der Waals surface area contributed by atoms with Gasteiger partial charge in [-0.15, -0.1) is 10.2 Å². The highest BCUT2D eigenvalue weighted by molar-refractivity contribution is 7.22. The summed E-state index contributed by atoms with van der Waals surface area (Å²) >= 11 is 3.22. The number of nitrogens with zero attached hydrogens (tertiary/aromatic N) is 5. The second-order valence-electron chi connectivity index (χ2n) is 5.21. The summed E-state index contributed by atoms with van der Waals surface area (Å²) in [5.41, 5.74) is 6.77. The number of thiazole rings is 1. The molecule has 0 radical (unpaired) electrons. The number of hydrogen-bond acceptors (Lipinski definition) is 8. The summed E-state index contributed by atoms with van der Waals surface area (Å²) in [6.07, 6.45) is 1.08. The minimum absolute atomic E-state index is 0.530. The molecule has 6 nitrogen and oxygen atoms in total. The largest absolute Gasteiger partial charge is 0.374 e. The maximum absolute atomic E-state index is 5.69. The first kappa shape index (κ1) is 13.7. The van der Waals surface area contributed by atoms with E-state index in [1.807, 2.05) is 6.07 Å². The van der Waals surface area contributed by atoms with Crippen molar-refractivity contribution in [3.63, 3.8) is 0 Å². The Balaban J connectivity index is 1.52. The normalized spacial score (nSPS) is 16.2. The Morgan fingerprint density at radius 2 is 1.68 bits per heavy atom. The second kappa shape index (κ2) is 5.69. The molecule has 0 saturated carbocycles. The second-order valence-corrected chi connectivity index (χ2v) is 7.21. The first-order valence-electron chi connectivity index (χ1n) is 7.24. The number of aromatic nitrogens is 3. The van der Waals surface area contributed by atoms with Crippen molar-refractivity contribution in [1.29, 1.82) is 0 Å². The van der Waals surface area contributed by atoms with Gasteiger partial charge in [-0.2, -0.15) is 0 Å². The zero-order valence-electron chi connectivity index (χ0n) is 12.0. The van der Waals surface area contributed by atoms with E-state index >= 15 is 0 Å². The number of nitrogen functional groups attached to an aromatic ring is 1. The molecule has 1 aromatic carbocycles. The summed E-state index contributed by atoms with van der Waals surface area (Å²) in [5.74, 6) is 0. The van der Waals surface area contributed by atoms with Crippen LogP contribution in [0.4, 0.5) is 15.4 Å². The molecule has 3 heterocycles. The van der Waals surface area contributed by atoms with Gasteiger partial charge in [-0.3, -0.25) is 0 Å². The lowest BCUT2D eigenvalue weighted by atomic mass is 10.3. The lowest BCUT2D eigenvalue weighted by Gasteiger charge is -2.20. The van der Waals surface area contributed by atoms with Crippen molar-refractivity contribution in [2.45, 2.75) is 6.42 Å². The van der Waals surface area contributed by atoms with Crippen molar-refractivity contribution < 1.29 is 0 Å². The Bertz CT molecular complexity index is 749. The van der Waals surface area contributed by atoms with E-state index in [2.05, 4.69) is 38.2 Å². The van der Waals surface area contributed by atoms with Gasteiger partial charge in [0.25, 0.3) is 0 Å². The summed E-state index contributed by atoms with van der Waals surface area (Å²) in [6, 6.07) is 8.30. The van der Waals surface area contributed by atoms with Crippen LogP contribution in [0.15, 0.2) is 24.3 Å². The Morgan fingerprint density at radius 1 is 0.909 bits per heavy atom. The van der Waals surface area contributed by atoms with E-state index in [4.69, 9.17) is 10.7 Å². The predicted molar refractivity (Wildman–Crippen MR) is 93.0 cm³/mol. The van der Waals surface area contributed by atoms with Gasteiger partial charge in [0, 0.05) is 26.2 Å². The number of fused-ring (bicyclic) bond motifs is 1. The summed E-state index contributed by atoms with van der Waals surface area (Å²) in [5, 5.41) is 10.6. The van der Waals surface area contributed by atoms with E-state index in [0.29, 0.717) is 5.13 Å². The molecule has 22 heavy (non-hydrogen) atoms. The van der Waals surface area contributed by atoms with Crippen LogP contribution >= 0.6 is 22.7 Å². The van der Waals surface area contributed by atoms with Crippen LogP contribution in [0.2, 0.25) is 0 Å². The minimum atomic E-state index is 0.530. The van der Waals surface area contributed by atoms with Crippen LogP contribution in [0, 0.1) is 0 Å². The molecule has 4 rings (SSSR count). The van der Waals surface area contributed by atoms with Crippen LogP contribution in [0.25, 0.3) is 10.2 Å². The molecular formula is C14H16N6S2. The van der Waals surface area contributed by atoms with Gasteiger partial charge in [0.2, 0.25) is 10.3 Å². The summed E-state index contributed by atoms with van der Waals surface area (Å²) in [7, 11) is 0. The average molecular weight is 332 g/mol. The van der Waals surface area contributed by atoms with Crippen LogP contribution in [-0.4, -0.2) is 41.4 Å². The lowest BCUT2D eigenvalue weighted by molar-refractivity contribution is 0.798. The SMILES string of the molecule is Nc1nnc(N2CCCN(c3nc4ccccc4s3)CC2)s1. The molecule has 0 unspecified atom stereocenters. The topological polar surface area (TPSA) is 71.2 Å². The van der Waals surface area contributed by atoms with Gasteiger partial charge in [0.1, 0.15) is 0 Å². The van der Waals surface area contributed by atoms with E-state index in [1.165, 1.54) is 16.0 Å². The third-order valence-corrected chi connectivity index (χ3v) is 5.66. The van der Waals surface area contributed by atoms with Gasteiger partial charge in [-0.05, 0) is 18.6 Å². The predicted octanol–water partition coefficient (Wildman–Crippen LogP) is 2.45. The van der Waals surface area contributed by atoms with E-state index in [9.17, 15) is 0 Å². The number of anilines is 3. The van der Waals surface area contributed by atoms with Crippen LogP contribution in [0.3, 0.4) is 0 Å². The molecule has 1 fully saturated rings. The third-order valence-electron chi connectivity index (χ3n) is 3.75. The van der Waals surface area contributed by atoms with Gasteiger partial charge >= 0.3 is 0 Å². The van der Waals surface area contributed by atoms with Crippen molar-refractivity contribution in [1.82, 2.24) is 15.2 Å². The molecule has 0 aliphatic carbocycles. The molecule has 3 aromatic rings. The van der Waals surface area contributed by atoms with Crippen LogP contribution in [-0.2, 0) is 0 Å². The van der Waals surface area contributed by atoms with E-state index in [1.54, 1.807) is 11.3 Å². The maximum atomic E-state index is 5.69. The van der Waals surface area contributed by atoms with Crippen LogP contribution in [0.5, 0.6) is 0 Å². The molecule has 2 aromatic heterocycles. The van der Waals surface area contributed by atoms with Crippen LogP contribution < -0.4 is 15.5 Å². The van der Waals surface area contributed by atoms with Gasteiger partial charge in [0.05, 0.1) is 10.2 Å². The van der Waals surface area contributed by atoms with E-state index in [-0.39, 0.29) is 0 Å². The Kier molecular flexibility index (Phi) is 3.55. The summed E-state index contributed by atoms with van der Waals surface area (Å²) in [6.45, 7) is 3.87. The average Bonchev–Trinajstić information content (AvgIpc) is 3.07. The molecule has 8 heteroatoms. The minimum Gasteiger partial charge on any atom is -0.374 e. The van der Waals surface area contributed by atoms with E-state index < -0.39 is 0 Å². The van der Waals surface area contributed by atoms with Crippen molar-refractivity contribution in [2.24, 2.45) is 0 Å². The van der Waals surface area contributed by atoms with Crippen molar-refractivity contribution in [3.05, 3.63) is 24.3 Å². The standard InChI is InChI=1S/C14H16N6S2/c15-12-17-18-14(22-12)20-7-3-6-19(8-9-20)13-16-10-4-1-2-5-11(10)21-13/h1-2,4-5H,3,6-9H2,(H2,15,17). The first-order valence-corrected chi connectivity index (χ1v) is 8.87. The lowest BCUT2D eigenvalue weighted by Crippen LogP contribution is -2.30. The number of hydrogen-bond donors (Lipinski definition) is 1. The van der Waals surface area contributed by atoms with Crippen molar-refractivity contribution in [2.75, 3.05) is 41.7 Å². The zero-order valence-corrected chi connectivity index (χ0v) is 13.6. The fourth-order valence-electron chi connectivity index (χ4n) is 2.65. The van der Waals surface area contributed by atoms with Crippen LogP contribution in [0.1, 0.15) is 6.42 Å². The highest BCUT2D eigenvalue weighted by Crippen LogP contribution is 2.30. The zero-order chi connectivity index (χ0) is 14.9. The smallest absolute Gasteiger partial charge is 0.210 e. The fraction of sp³-hybridized carbons (Fsp3) is 0.357. The quantitative estimate of drug-likeness (QED) is 0.777. The maximum Gasteiger partial charge on any atom is 0.210 e. The van der Waals surface area contributed by atoms with Gasteiger partial charge in [-0.1, -0.05) is 34.8 Å². The van der Waals surface area contributed by atoms with Crippen molar-refractivity contribution in [3.8, 4) is 0 Å². The molecule has 2 N–H and O–H groups in total. The molecule has 0 atom stereocenters.